The number of hydrogen-bond acceptors (Lipinski definition) is 14. The fraction of sp³-hybridized carbons (Fsp3) is 0.674. The van der Waals surface area contributed by atoms with Crippen molar-refractivity contribution in [2.24, 2.45) is 11.8 Å². The second kappa shape index (κ2) is 20.5. The van der Waals surface area contributed by atoms with Crippen LogP contribution in [0, 0.1) is 11.8 Å². The molecule has 5 saturated heterocycles. The molecule has 2 aromatic carbocycles. The van der Waals surface area contributed by atoms with E-state index < -0.39 is 104 Å². The van der Waals surface area contributed by atoms with Crippen molar-refractivity contribution in [2.45, 2.75) is 168 Å². The van der Waals surface area contributed by atoms with Gasteiger partial charge in [0.1, 0.15) is 49.8 Å². The van der Waals surface area contributed by atoms with Gasteiger partial charge in [-0.3, -0.25) is 4.90 Å². The normalized spacial score (nSPS) is 39.6. The van der Waals surface area contributed by atoms with E-state index in [4.69, 9.17) is 47.4 Å². The monoisotopic (exact) mass is 1130 g/mol. The zero-order valence-electron chi connectivity index (χ0n) is 36.6. The minimum Gasteiger partial charge on any atom is -0.445 e. The number of alkyl halides is 2. The third-order valence-electron chi connectivity index (χ3n) is 14.0. The lowest BCUT2D eigenvalue weighted by atomic mass is 9.83. The van der Waals surface area contributed by atoms with Crippen LogP contribution in [0.2, 0.25) is 0 Å². The number of aliphatic hydroxyl groups excluding tert-OH is 1. The summed E-state index contributed by atoms with van der Waals surface area (Å²) in [5.41, 5.74) is 1.66. The largest absolute Gasteiger partial charge is 0.445 e. The predicted octanol–water partition coefficient (Wildman–Crippen LogP) is 6.08. The molecular weight excluding hydrogens is 1070 g/mol. The van der Waals surface area contributed by atoms with Gasteiger partial charge in [-0.1, -0.05) is 126 Å². The SMILES string of the molecule is CC1C[C@@H]2OC(O[C@H]3OC(CI)[C@@H](C)[C@H](I)C3O)C3C(OC(=O)N3C)C2O[C@@H]1O[C@@H]1C(NC(=O)OCc2ccccc2)C[C@@H](NC(=O)OCc2ccccc2)C2OC3(CCCCC3)O[C@H]21. The summed E-state index contributed by atoms with van der Waals surface area (Å²) in [5.74, 6) is -1.08. The summed E-state index contributed by atoms with van der Waals surface area (Å²) < 4.78 is 65.0. The topological polar surface area (TPSA) is 191 Å². The van der Waals surface area contributed by atoms with E-state index in [1.165, 1.54) is 4.90 Å². The molecule has 2 saturated carbocycles. The van der Waals surface area contributed by atoms with Crippen LogP contribution in [0.15, 0.2) is 60.7 Å². The van der Waals surface area contributed by atoms with Crippen molar-refractivity contribution in [3.05, 3.63) is 71.8 Å². The van der Waals surface area contributed by atoms with Gasteiger partial charge < -0.3 is 63.1 Å². The number of carbonyl (C=O) groups excluding carboxylic acids is 3. The molecule has 17 nitrogen and oxygen atoms in total. The fourth-order valence-electron chi connectivity index (χ4n) is 10.4. The Bertz CT molecular complexity index is 1950. The first-order chi connectivity index (χ1) is 31.4. The average Bonchev–Trinajstić information content (AvgIpc) is 3.83. The molecule has 9 rings (SSSR count). The summed E-state index contributed by atoms with van der Waals surface area (Å²) in [6.45, 7) is 4.15. The van der Waals surface area contributed by atoms with Crippen LogP contribution in [0.3, 0.4) is 0 Å². The molecule has 2 aliphatic carbocycles. The van der Waals surface area contributed by atoms with Crippen LogP contribution in [-0.4, -0.2) is 135 Å². The lowest BCUT2D eigenvalue weighted by Crippen LogP contribution is -2.67. The molecule has 3 N–H and O–H groups in total. The quantitative estimate of drug-likeness (QED) is 0.133. The molecule has 7 aliphatic rings. The molecule has 0 bridgehead atoms. The number of hydrogen-bond donors (Lipinski definition) is 3. The lowest BCUT2D eigenvalue weighted by Gasteiger charge is -2.51. The van der Waals surface area contributed by atoms with Crippen molar-refractivity contribution < 1.29 is 66.9 Å². The fourth-order valence-corrected chi connectivity index (χ4v) is 12.2. The lowest BCUT2D eigenvalue weighted by molar-refractivity contribution is -0.369. The number of nitrogens with one attached hydrogen (secondary N) is 2. The number of amides is 3. The Balaban J connectivity index is 0.956. The van der Waals surface area contributed by atoms with Crippen molar-refractivity contribution in [1.29, 1.82) is 0 Å². The molecule has 5 heterocycles. The number of likely N-dealkylation sites (N-methyl/N-ethyl adjacent to an activating group) is 1. The number of carbonyl (C=O) groups is 3. The third-order valence-corrected chi connectivity index (χ3v) is 16.7. The van der Waals surface area contributed by atoms with Gasteiger partial charge in [0, 0.05) is 34.2 Å². The molecule has 17 atom stereocenters. The molecule has 1 spiro atoms. The summed E-state index contributed by atoms with van der Waals surface area (Å²) in [4.78, 5) is 41.9. The third kappa shape index (κ3) is 10.2. The smallest absolute Gasteiger partial charge is 0.410 e. The zero-order chi connectivity index (χ0) is 45.4. The highest BCUT2D eigenvalue weighted by atomic mass is 127. The van der Waals surface area contributed by atoms with Crippen molar-refractivity contribution >= 4 is 63.5 Å². The Morgan fingerprint density at radius 3 is 2.06 bits per heavy atom. The van der Waals surface area contributed by atoms with Crippen molar-refractivity contribution in [3.63, 3.8) is 0 Å². The molecular formula is C46H59I2N3O14. The van der Waals surface area contributed by atoms with Gasteiger partial charge in [-0.15, -0.1) is 0 Å². The molecule has 3 amide bonds. The van der Waals surface area contributed by atoms with Gasteiger partial charge in [0.25, 0.3) is 0 Å². The number of aliphatic hydroxyl groups is 1. The molecule has 0 radical (unpaired) electrons. The zero-order valence-corrected chi connectivity index (χ0v) is 40.9. The van der Waals surface area contributed by atoms with Gasteiger partial charge in [-0.05, 0) is 42.7 Å². The van der Waals surface area contributed by atoms with E-state index in [1.54, 1.807) is 7.05 Å². The highest BCUT2D eigenvalue weighted by Crippen LogP contribution is 2.48. The highest BCUT2D eigenvalue weighted by Gasteiger charge is 2.62. The number of fused-ring (bicyclic) bond motifs is 4. The van der Waals surface area contributed by atoms with Gasteiger partial charge in [0.2, 0.25) is 0 Å². The number of benzene rings is 2. The summed E-state index contributed by atoms with van der Waals surface area (Å²) in [6, 6.07) is 16.7. The van der Waals surface area contributed by atoms with E-state index >= 15 is 0 Å². The number of nitrogens with zero attached hydrogens (tertiary/aromatic N) is 1. The van der Waals surface area contributed by atoms with Crippen LogP contribution in [0.5, 0.6) is 0 Å². The predicted molar refractivity (Wildman–Crippen MR) is 247 cm³/mol. The molecule has 356 valence electrons. The second-order valence-electron chi connectivity index (χ2n) is 18.4. The maximum absolute atomic E-state index is 13.7. The Kier molecular flexibility index (Phi) is 15.0. The minimum absolute atomic E-state index is 0.0436. The van der Waals surface area contributed by atoms with Crippen LogP contribution in [0.4, 0.5) is 14.4 Å². The van der Waals surface area contributed by atoms with Crippen LogP contribution in [0.25, 0.3) is 0 Å². The van der Waals surface area contributed by atoms with E-state index in [0.29, 0.717) is 23.7 Å². The minimum atomic E-state index is -0.981. The number of ether oxygens (including phenoxy) is 10. The summed E-state index contributed by atoms with van der Waals surface area (Å²) in [6.07, 6.45) is -5.33. The highest BCUT2D eigenvalue weighted by molar-refractivity contribution is 14.1. The number of halogens is 2. The maximum atomic E-state index is 13.7. The molecule has 0 aromatic heterocycles. The van der Waals surface area contributed by atoms with Crippen LogP contribution >= 0.6 is 45.2 Å². The van der Waals surface area contributed by atoms with E-state index in [-0.39, 0.29) is 41.5 Å². The first kappa shape index (κ1) is 47.5. The van der Waals surface area contributed by atoms with Crippen LogP contribution in [-0.2, 0) is 60.6 Å². The first-order valence-electron chi connectivity index (χ1n) is 22.8. The molecule has 5 aliphatic heterocycles. The van der Waals surface area contributed by atoms with E-state index in [0.717, 1.165) is 30.4 Å². The Labute approximate surface area is 406 Å². The first-order valence-corrected chi connectivity index (χ1v) is 25.6. The molecule has 65 heavy (non-hydrogen) atoms. The Hall–Kier alpha value is -2.61. The number of alkyl carbamates (subject to hydrolysis) is 2. The molecule has 7 fully saturated rings. The van der Waals surface area contributed by atoms with E-state index in [2.05, 4.69) is 62.7 Å². The Morgan fingerprint density at radius 2 is 1.42 bits per heavy atom. The maximum Gasteiger partial charge on any atom is 0.410 e. The summed E-state index contributed by atoms with van der Waals surface area (Å²) in [5, 5.41) is 17.4. The van der Waals surface area contributed by atoms with E-state index in [1.807, 2.05) is 67.6 Å². The van der Waals surface area contributed by atoms with Gasteiger partial charge >= 0.3 is 18.3 Å². The second-order valence-corrected chi connectivity index (χ2v) is 20.7. The summed E-state index contributed by atoms with van der Waals surface area (Å²) in [7, 11) is 1.62. The molecule has 19 heteroatoms. The van der Waals surface area contributed by atoms with Crippen molar-refractivity contribution in [3.8, 4) is 0 Å². The average molecular weight is 1130 g/mol. The van der Waals surface area contributed by atoms with Crippen molar-refractivity contribution in [2.75, 3.05) is 11.5 Å². The standard InChI is InChI=1S/C46H59I2N3O14/c1-24-19-30-37(38-33(51(3)45(55)62-38)41(58-30)63-42-34(52)32(48)25(2)31(21-47)59-42)61-40(24)60-35-28(49-43(53)56-22-26-13-7-4-8-14-26)20-29(50-44(54)57-23-27-15-9-5-10-16-27)36-39(35)65-46(64-36)17-11-6-12-18-46/h4-5,7-10,13-16,24-25,28-42,52H,6,11-12,17-23H2,1-3H3,(H,49,53)(H,50,54)/t24?,25-,28?,29-,30+,31?,32+,33?,34?,35-,36?,37?,38?,39+,40+,41?,42-/m1/s1. The molecule has 9 unspecified atom stereocenters. The Morgan fingerprint density at radius 1 is 0.785 bits per heavy atom. The van der Waals surface area contributed by atoms with E-state index in [9.17, 15) is 19.5 Å². The van der Waals surface area contributed by atoms with Gasteiger partial charge in [0.05, 0.1) is 24.3 Å². The van der Waals surface area contributed by atoms with Gasteiger partial charge in [-0.2, -0.15) is 0 Å². The number of rotatable bonds is 11. The van der Waals surface area contributed by atoms with Gasteiger partial charge in [-0.25, -0.2) is 14.4 Å². The van der Waals surface area contributed by atoms with Crippen LogP contribution < -0.4 is 10.6 Å². The molecule has 2 aromatic rings. The van der Waals surface area contributed by atoms with Gasteiger partial charge in [0.15, 0.2) is 30.8 Å². The van der Waals surface area contributed by atoms with Crippen molar-refractivity contribution in [1.82, 2.24) is 15.5 Å². The van der Waals surface area contributed by atoms with Crippen LogP contribution in [0.1, 0.15) is 69.9 Å². The summed E-state index contributed by atoms with van der Waals surface area (Å²) >= 11 is 4.53.